The van der Waals surface area contributed by atoms with Crippen molar-refractivity contribution in [2.24, 2.45) is 40.4 Å². The van der Waals surface area contributed by atoms with Gasteiger partial charge in [0.2, 0.25) is 0 Å². The SMILES string of the molecule is CC[C@H]1C[C@H]2[C@@H]3CCC4=CC(=O)CC[C@@H]4[C@H]3CC[C@]2(C)[C@H]1OC(=O)COC(=O)CC(C)(C)C. The standard InChI is InChI=1S/C28H42O5/c1-6-17-14-23-22-9-7-18-13-19(29)8-10-20(18)21(22)11-12-28(23,5)26(17)33-25(31)16-32-24(30)15-27(2,3)4/h13,17,20-23,26H,6-12,14-16H2,1-5H3/t17-,20-,21+,22+,23-,26-,28-/m0/s1. The van der Waals surface area contributed by atoms with Crippen LogP contribution in [0.5, 0.6) is 0 Å². The van der Waals surface area contributed by atoms with Crippen LogP contribution >= 0.6 is 0 Å². The van der Waals surface area contributed by atoms with Crippen molar-refractivity contribution in [1.82, 2.24) is 0 Å². The van der Waals surface area contributed by atoms with Crippen LogP contribution in [-0.4, -0.2) is 30.4 Å². The van der Waals surface area contributed by atoms with Gasteiger partial charge in [0.1, 0.15) is 6.10 Å². The summed E-state index contributed by atoms with van der Waals surface area (Å²) in [5, 5.41) is 0. The first kappa shape index (κ1) is 24.5. The Hall–Kier alpha value is -1.65. The Labute approximate surface area is 199 Å². The van der Waals surface area contributed by atoms with Gasteiger partial charge >= 0.3 is 11.9 Å². The minimum Gasteiger partial charge on any atom is -0.459 e. The average Bonchev–Trinajstić information content (AvgIpc) is 3.02. The molecule has 4 aliphatic carbocycles. The highest BCUT2D eigenvalue weighted by atomic mass is 16.6. The topological polar surface area (TPSA) is 69.7 Å². The lowest BCUT2D eigenvalue weighted by Crippen LogP contribution is -2.49. The van der Waals surface area contributed by atoms with Crippen molar-refractivity contribution in [3.8, 4) is 0 Å². The molecular weight excluding hydrogens is 416 g/mol. The normalized spacial score (nSPS) is 38.0. The molecule has 0 aliphatic heterocycles. The summed E-state index contributed by atoms with van der Waals surface area (Å²) in [5.41, 5.74) is 1.22. The Morgan fingerprint density at radius 1 is 1.09 bits per heavy atom. The molecule has 0 saturated heterocycles. The third-order valence-corrected chi connectivity index (χ3v) is 9.18. The van der Waals surface area contributed by atoms with Crippen molar-refractivity contribution < 1.29 is 23.9 Å². The number of carbonyl (C=O) groups excluding carboxylic acids is 3. The molecular formula is C28H42O5. The molecule has 0 heterocycles. The number of hydrogen-bond acceptors (Lipinski definition) is 5. The minimum atomic E-state index is -0.413. The maximum Gasteiger partial charge on any atom is 0.344 e. The smallest absolute Gasteiger partial charge is 0.344 e. The van der Waals surface area contributed by atoms with Gasteiger partial charge in [-0.05, 0) is 86.0 Å². The number of esters is 2. The number of carbonyl (C=O) groups is 3. The highest BCUT2D eigenvalue weighted by Gasteiger charge is 2.60. The molecule has 0 aromatic rings. The van der Waals surface area contributed by atoms with E-state index in [4.69, 9.17) is 9.47 Å². The number of ketones is 1. The molecule has 4 rings (SSSR count). The number of hydrogen-bond donors (Lipinski definition) is 0. The molecule has 4 aliphatic rings. The van der Waals surface area contributed by atoms with Crippen LogP contribution in [0, 0.1) is 40.4 Å². The molecule has 5 heteroatoms. The summed E-state index contributed by atoms with van der Waals surface area (Å²) in [4.78, 5) is 36.7. The average molecular weight is 459 g/mol. The monoisotopic (exact) mass is 458 g/mol. The van der Waals surface area contributed by atoms with Crippen molar-refractivity contribution >= 4 is 17.7 Å². The number of fused-ring (bicyclic) bond motifs is 5. The molecule has 0 bridgehead atoms. The van der Waals surface area contributed by atoms with Gasteiger partial charge in [-0.1, -0.05) is 40.2 Å². The molecule has 0 aromatic heterocycles. The van der Waals surface area contributed by atoms with Crippen LogP contribution in [0.15, 0.2) is 11.6 Å². The van der Waals surface area contributed by atoms with Gasteiger partial charge < -0.3 is 9.47 Å². The molecule has 0 N–H and O–H groups in total. The third-order valence-electron chi connectivity index (χ3n) is 9.18. The van der Waals surface area contributed by atoms with E-state index in [0.29, 0.717) is 41.8 Å². The molecule has 3 fully saturated rings. The van der Waals surface area contributed by atoms with E-state index in [2.05, 4.69) is 13.8 Å². The van der Waals surface area contributed by atoms with Crippen LogP contribution in [0.2, 0.25) is 0 Å². The van der Waals surface area contributed by atoms with Crippen LogP contribution in [0.25, 0.3) is 0 Å². The molecule has 0 radical (unpaired) electrons. The Balaban J connectivity index is 1.43. The van der Waals surface area contributed by atoms with Gasteiger partial charge in [-0.2, -0.15) is 0 Å². The van der Waals surface area contributed by atoms with E-state index in [1.54, 1.807) is 0 Å². The quantitative estimate of drug-likeness (QED) is 0.498. The van der Waals surface area contributed by atoms with E-state index >= 15 is 0 Å². The molecule has 5 nitrogen and oxygen atoms in total. The van der Waals surface area contributed by atoms with Crippen LogP contribution in [0.1, 0.15) is 92.4 Å². The summed E-state index contributed by atoms with van der Waals surface area (Å²) in [6, 6.07) is 0. The first-order valence-electron chi connectivity index (χ1n) is 13.1. The van der Waals surface area contributed by atoms with E-state index in [1.807, 2.05) is 26.8 Å². The summed E-state index contributed by atoms with van der Waals surface area (Å²) in [7, 11) is 0. The van der Waals surface area contributed by atoms with Crippen molar-refractivity contribution in [3.63, 3.8) is 0 Å². The molecule has 0 aromatic carbocycles. The zero-order valence-corrected chi connectivity index (χ0v) is 21.2. The summed E-state index contributed by atoms with van der Waals surface area (Å²) in [6.45, 7) is 10.2. The second kappa shape index (κ2) is 9.19. The second-order valence-corrected chi connectivity index (χ2v) is 12.6. The Morgan fingerprint density at radius 2 is 1.85 bits per heavy atom. The van der Waals surface area contributed by atoms with Crippen molar-refractivity contribution in [1.29, 1.82) is 0 Å². The van der Waals surface area contributed by atoms with Crippen molar-refractivity contribution in [2.45, 2.75) is 98.5 Å². The van der Waals surface area contributed by atoms with E-state index < -0.39 is 5.97 Å². The number of ether oxygens (including phenoxy) is 2. The predicted octanol–water partition coefficient (Wildman–Crippen LogP) is 5.66. The highest BCUT2D eigenvalue weighted by Crippen LogP contribution is 2.64. The van der Waals surface area contributed by atoms with E-state index in [-0.39, 0.29) is 35.9 Å². The molecule has 0 amide bonds. The minimum absolute atomic E-state index is 0.0153. The fourth-order valence-electron chi connectivity index (χ4n) is 7.72. The molecule has 3 saturated carbocycles. The fourth-order valence-corrected chi connectivity index (χ4v) is 7.72. The zero-order valence-electron chi connectivity index (χ0n) is 21.2. The maximum absolute atomic E-state index is 12.7. The van der Waals surface area contributed by atoms with Gasteiger partial charge in [-0.25, -0.2) is 4.79 Å². The van der Waals surface area contributed by atoms with Crippen molar-refractivity contribution in [3.05, 3.63) is 11.6 Å². The van der Waals surface area contributed by atoms with Gasteiger partial charge in [-0.15, -0.1) is 0 Å². The Bertz CT molecular complexity index is 821. The summed E-state index contributed by atoms with van der Waals surface area (Å²) >= 11 is 0. The van der Waals surface area contributed by atoms with E-state index in [0.717, 1.165) is 44.9 Å². The van der Waals surface area contributed by atoms with E-state index in [1.165, 1.54) is 5.57 Å². The van der Waals surface area contributed by atoms with Gasteiger partial charge in [0, 0.05) is 11.8 Å². The summed E-state index contributed by atoms with van der Waals surface area (Å²) < 4.78 is 11.3. The number of rotatable bonds is 5. The summed E-state index contributed by atoms with van der Waals surface area (Å²) in [6.07, 6.45) is 10.4. The Kier molecular flexibility index (Phi) is 6.81. The lowest BCUT2D eigenvalue weighted by Gasteiger charge is -2.53. The number of allylic oxidation sites excluding steroid dienone is 1. The molecule has 0 unspecified atom stereocenters. The molecule has 0 spiro atoms. The lowest BCUT2D eigenvalue weighted by atomic mass is 9.52. The first-order valence-corrected chi connectivity index (χ1v) is 13.1. The second-order valence-electron chi connectivity index (χ2n) is 12.6. The fraction of sp³-hybridized carbons (Fsp3) is 0.821. The molecule has 184 valence electrons. The van der Waals surface area contributed by atoms with Crippen molar-refractivity contribution in [2.75, 3.05) is 6.61 Å². The predicted molar refractivity (Wildman–Crippen MR) is 126 cm³/mol. The van der Waals surface area contributed by atoms with E-state index in [9.17, 15) is 14.4 Å². The van der Waals surface area contributed by atoms with Gasteiger partial charge in [0.15, 0.2) is 12.4 Å². The van der Waals surface area contributed by atoms with Crippen LogP contribution in [-0.2, 0) is 23.9 Å². The third kappa shape index (κ3) is 4.93. The van der Waals surface area contributed by atoms with Gasteiger partial charge in [0.25, 0.3) is 0 Å². The summed E-state index contributed by atoms with van der Waals surface area (Å²) in [5.74, 6) is 2.36. The largest absolute Gasteiger partial charge is 0.459 e. The van der Waals surface area contributed by atoms with Gasteiger partial charge in [0.05, 0.1) is 6.42 Å². The van der Waals surface area contributed by atoms with Gasteiger partial charge in [-0.3, -0.25) is 9.59 Å². The maximum atomic E-state index is 12.7. The molecule has 7 atom stereocenters. The zero-order chi connectivity index (χ0) is 24.0. The highest BCUT2D eigenvalue weighted by molar-refractivity contribution is 5.91. The van der Waals surface area contributed by atoms with Crippen LogP contribution in [0.3, 0.4) is 0 Å². The Morgan fingerprint density at radius 3 is 2.55 bits per heavy atom. The first-order chi connectivity index (χ1) is 15.5. The lowest BCUT2D eigenvalue weighted by molar-refractivity contribution is -0.172. The van der Waals surface area contributed by atoms with Crippen LogP contribution in [0.4, 0.5) is 0 Å². The molecule has 33 heavy (non-hydrogen) atoms. The van der Waals surface area contributed by atoms with Crippen LogP contribution < -0.4 is 0 Å².